The van der Waals surface area contributed by atoms with E-state index < -0.39 is 11.8 Å². The first-order valence-corrected chi connectivity index (χ1v) is 9.40. The number of furan rings is 1. The van der Waals surface area contributed by atoms with Gasteiger partial charge in [0.05, 0.1) is 29.1 Å². The first-order valence-electron chi connectivity index (χ1n) is 8.65. The topological polar surface area (TPSA) is 88.6 Å². The Morgan fingerprint density at radius 1 is 1.14 bits per heavy atom. The number of hydrazone groups is 1. The highest BCUT2D eigenvalue weighted by molar-refractivity contribution is 6.42. The normalized spacial score (nSPS) is 11.0. The van der Waals surface area contributed by atoms with E-state index in [4.69, 9.17) is 27.6 Å². The van der Waals surface area contributed by atoms with Crippen LogP contribution >= 0.6 is 23.2 Å². The minimum atomic E-state index is -0.869. The predicted molar refractivity (Wildman–Crippen MR) is 112 cm³/mol. The first kappa shape index (κ1) is 20.7. The third-order valence-electron chi connectivity index (χ3n) is 4.21. The van der Waals surface area contributed by atoms with Crippen molar-refractivity contribution in [3.63, 3.8) is 0 Å². The van der Waals surface area contributed by atoms with Crippen LogP contribution in [-0.2, 0) is 16.1 Å². The third kappa shape index (κ3) is 4.88. The van der Waals surface area contributed by atoms with Gasteiger partial charge in [-0.25, -0.2) is 5.43 Å². The van der Waals surface area contributed by atoms with Crippen LogP contribution in [0.25, 0.3) is 5.69 Å². The van der Waals surface area contributed by atoms with Gasteiger partial charge in [0.25, 0.3) is 0 Å². The van der Waals surface area contributed by atoms with Gasteiger partial charge in [0.15, 0.2) is 0 Å². The summed E-state index contributed by atoms with van der Waals surface area (Å²) in [6, 6.07) is 10.7. The van der Waals surface area contributed by atoms with E-state index >= 15 is 0 Å². The van der Waals surface area contributed by atoms with Crippen LogP contribution in [0, 0.1) is 13.8 Å². The first-order chi connectivity index (χ1) is 13.9. The van der Waals surface area contributed by atoms with Crippen molar-refractivity contribution in [3.8, 4) is 5.69 Å². The van der Waals surface area contributed by atoms with Gasteiger partial charge in [-0.2, -0.15) is 5.10 Å². The molecular formula is C20H18Cl2N4O3. The molecule has 1 aromatic carbocycles. The lowest BCUT2D eigenvalue weighted by Gasteiger charge is -2.10. The van der Waals surface area contributed by atoms with Gasteiger partial charge in [-0.15, -0.1) is 0 Å². The molecule has 3 rings (SSSR count). The van der Waals surface area contributed by atoms with Crippen LogP contribution < -0.4 is 10.7 Å². The summed E-state index contributed by atoms with van der Waals surface area (Å²) in [5.41, 5.74) is 5.69. The monoisotopic (exact) mass is 432 g/mol. The molecule has 0 radical (unpaired) electrons. The van der Waals surface area contributed by atoms with E-state index in [1.165, 1.54) is 12.5 Å². The molecule has 0 aliphatic heterocycles. The number of rotatable bonds is 5. The average Bonchev–Trinajstić information content (AvgIpc) is 3.30. The van der Waals surface area contributed by atoms with Crippen molar-refractivity contribution < 1.29 is 14.0 Å². The highest BCUT2D eigenvalue weighted by atomic mass is 35.5. The second kappa shape index (κ2) is 8.98. The van der Waals surface area contributed by atoms with Gasteiger partial charge in [0.1, 0.15) is 5.76 Å². The standard InChI is InChI=1S/C20H18Cl2N4O3/c1-12-8-14(13(2)26(12)15-5-6-17(21)18(22)9-15)10-24-25-20(28)19(27)23-11-16-4-3-7-29-16/h3-10H,11H2,1-2H3,(H,23,27)(H,25,28). The Bertz CT molecular complexity index is 1070. The Kier molecular flexibility index (Phi) is 6.41. The van der Waals surface area contributed by atoms with Gasteiger partial charge in [-0.1, -0.05) is 23.2 Å². The summed E-state index contributed by atoms with van der Waals surface area (Å²) in [7, 11) is 0. The van der Waals surface area contributed by atoms with Crippen molar-refractivity contribution in [1.82, 2.24) is 15.3 Å². The molecule has 0 spiro atoms. The largest absolute Gasteiger partial charge is 0.467 e. The minimum Gasteiger partial charge on any atom is -0.467 e. The maximum absolute atomic E-state index is 11.8. The zero-order valence-electron chi connectivity index (χ0n) is 15.7. The van der Waals surface area contributed by atoms with Crippen LogP contribution in [0.5, 0.6) is 0 Å². The Hall–Kier alpha value is -3.03. The van der Waals surface area contributed by atoms with Gasteiger partial charge in [0, 0.05) is 22.6 Å². The quantitative estimate of drug-likeness (QED) is 0.365. The molecule has 9 heteroatoms. The van der Waals surface area contributed by atoms with Crippen LogP contribution in [0.3, 0.4) is 0 Å². The molecule has 0 aliphatic carbocycles. The number of nitrogens with one attached hydrogen (secondary N) is 2. The van der Waals surface area contributed by atoms with Crippen LogP contribution in [0.15, 0.2) is 52.2 Å². The van der Waals surface area contributed by atoms with Crippen molar-refractivity contribution in [3.05, 3.63) is 75.4 Å². The predicted octanol–water partition coefficient (Wildman–Crippen LogP) is 3.76. The summed E-state index contributed by atoms with van der Waals surface area (Å²) >= 11 is 12.1. The van der Waals surface area contributed by atoms with E-state index in [1.807, 2.05) is 30.5 Å². The fourth-order valence-corrected chi connectivity index (χ4v) is 3.10. The Morgan fingerprint density at radius 2 is 1.93 bits per heavy atom. The average molecular weight is 433 g/mol. The number of nitrogens with zero attached hydrogens (tertiary/aromatic N) is 2. The molecule has 2 N–H and O–H groups in total. The van der Waals surface area contributed by atoms with E-state index in [9.17, 15) is 9.59 Å². The summed E-state index contributed by atoms with van der Waals surface area (Å²) in [4.78, 5) is 23.6. The van der Waals surface area contributed by atoms with Gasteiger partial charge in [0.2, 0.25) is 0 Å². The molecule has 3 aromatic rings. The Balaban J connectivity index is 1.65. The summed E-state index contributed by atoms with van der Waals surface area (Å²) in [6.07, 6.45) is 2.97. The number of aromatic nitrogens is 1. The Labute approximate surface area is 177 Å². The number of hydrogen-bond acceptors (Lipinski definition) is 4. The second-order valence-corrected chi connectivity index (χ2v) is 7.04. The summed E-state index contributed by atoms with van der Waals surface area (Å²) < 4.78 is 7.07. The van der Waals surface area contributed by atoms with E-state index in [1.54, 1.807) is 24.3 Å². The number of halogens is 2. The van der Waals surface area contributed by atoms with Crippen LogP contribution in [0.4, 0.5) is 0 Å². The fourth-order valence-electron chi connectivity index (χ4n) is 2.81. The summed E-state index contributed by atoms with van der Waals surface area (Å²) in [5.74, 6) is -1.13. The summed E-state index contributed by atoms with van der Waals surface area (Å²) in [5, 5.41) is 7.26. The molecule has 150 valence electrons. The van der Waals surface area contributed by atoms with Crippen LogP contribution in [0.2, 0.25) is 10.0 Å². The Morgan fingerprint density at radius 3 is 2.62 bits per heavy atom. The molecule has 2 heterocycles. The molecule has 0 atom stereocenters. The van der Waals surface area contributed by atoms with E-state index in [2.05, 4.69) is 15.8 Å². The lowest BCUT2D eigenvalue weighted by molar-refractivity contribution is -0.139. The molecule has 0 fully saturated rings. The molecule has 0 unspecified atom stereocenters. The fraction of sp³-hybridized carbons (Fsp3) is 0.150. The molecule has 29 heavy (non-hydrogen) atoms. The number of carbonyl (C=O) groups is 2. The van der Waals surface area contributed by atoms with Crippen molar-refractivity contribution >= 4 is 41.2 Å². The lowest BCUT2D eigenvalue weighted by atomic mass is 10.2. The minimum absolute atomic E-state index is 0.119. The van der Waals surface area contributed by atoms with E-state index in [0.29, 0.717) is 15.8 Å². The number of aryl methyl sites for hydroxylation is 1. The summed E-state index contributed by atoms with van der Waals surface area (Å²) in [6.45, 7) is 3.97. The second-order valence-electron chi connectivity index (χ2n) is 6.22. The molecule has 0 saturated heterocycles. The SMILES string of the molecule is Cc1cc(C=NNC(=O)C(=O)NCc2ccco2)c(C)n1-c1ccc(Cl)c(Cl)c1. The molecule has 0 bridgehead atoms. The van der Waals surface area contributed by atoms with Crippen molar-refractivity contribution in [1.29, 1.82) is 0 Å². The van der Waals surface area contributed by atoms with Gasteiger partial charge in [-0.05, 0) is 50.2 Å². The maximum Gasteiger partial charge on any atom is 0.329 e. The highest BCUT2D eigenvalue weighted by Gasteiger charge is 2.14. The lowest BCUT2D eigenvalue weighted by Crippen LogP contribution is -2.37. The highest BCUT2D eigenvalue weighted by Crippen LogP contribution is 2.27. The van der Waals surface area contributed by atoms with Crippen LogP contribution in [0.1, 0.15) is 22.7 Å². The number of amides is 2. The maximum atomic E-state index is 11.8. The van der Waals surface area contributed by atoms with E-state index in [0.717, 1.165) is 22.6 Å². The van der Waals surface area contributed by atoms with Gasteiger partial charge in [-0.3, -0.25) is 9.59 Å². The van der Waals surface area contributed by atoms with Crippen molar-refractivity contribution in [2.24, 2.45) is 5.10 Å². The van der Waals surface area contributed by atoms with E-state index in [-0.39, 0.29) is 6.54 Å². The molecule has 2 aromatic heterocycles. The number of hydrogen-bond donors (Lipinski definition) is 2. The third-order valence-corrected chi connectivity index (χ3v) is 4.95. The van der Waals surface area contributed by atoms with Crippen molar-refractivity contribution in [2.75, 3.05) is 0 Å². The molecular weight excluding hydrogens is 415 g/mol. The smallest absolute Gasteiger partial charge is 0.329 e. The van der Waals surface area contributed by atoms with Gasteiger partial charge < -0.3 is 14.3 Å². The number of benzene rings is 1. The van der Waals surface area contributed by atoms with Gasteiger partial charge >= 0.3 is 11.8 Å². The zero-order chi connectivity index (χ0) is 21.0. The zero-order valence-corrected chi connectivity index (χ0v) is 17.2. The molecule has 0 aliphatic rings. The molecule has 2 amide bonds. The van der Waals surface area contributed by atoms with Crippen molar-refractivity contribution in [2.45, 2.75) is 20.4 Å². The molecule has 7 nitrogen and oxygen atoms in total. The molecule has 0 saturated carbocycles. The number of carbonyl (C=O) groups excluding carboxylic acids is 2. The van der Waals surface area contributed by atoms with Crippen LogP contribution in [-0.4, -0.2) is 22.6 Å².